The molecule has 0 aliphatic carbocycles. The first-order valence-corrected chi connectivity index (χ1v) is 6.73. The van der Waals surface area contributed by atoms with Crippen molar-refractivity contribution in [2.45, 2.75) is 25.9 Å². The summed E-state index contributed by atoms with van der Waals surface area (Å²) in [4.78, 5) is 2.44. The van der Waals surface area contributed by atoms with Crippen molar-refractivity contribution in [2.24, 2.45) is 11.7 Å². The molecule has 102 valence electrons. The minimum absolute atomic E-state index is 0. The van der Waals surface area contributed by atoms with Crippen LogP contribution < -0.4 is 5.73 Å². The maximum Gasteiger partial charge on any atom is 0.0465 e. The second kappa shape index (κ2) is 6.97. The van der Waals surface area contributed by atoms with Crippen LogP contribution in [0.25, 0.3) is 0 Å². The number of nitrogens with zero attached hydrogens (tertiary/aromatic N) is 1. The van der Waals surface area contributed by atoms with Crippen LogP contribution in [0.2, 0.25) is 10.0 Å². The lowest BCUT2D eigenvalue weighted by atomic mass is 10.1. The molecule has 0 aromatic heterocycles. The van der Waals surface area contributed by atoms with Crippen LogP contribution in [0, 0.1) is 5.92 Å². The maximum atomic E-state index is 6.19. The van der Waals surface area contributed by atoms with Gasteiger partial charge in [-0.25, -0.2) is 0 Å². The number of hydrogen-bond donors (Lipinski definition) is 1. The third-order valence-electron chi connectivity index (χ3n) is 3.51. The van der Waals surface area contributed by atoms with E-state index >= 15 is 0 Å². The van der Waals surface area contributed by atoms with E-state index in [0.717, 1.165) is 30.2 Å². The van der Waals surface area contributed by atoms with Crippen molar-refractivity contribution in [1.82, 2.24) is 4.90 Å². The van der Waals surface area contributed by atoms with Crippen LogP contribution in [-0.4, -0.2) is 24.0 Å². The fraction of sp³-hybridized carbons (Fsp3) is 0.538. The van der Waals surface area contributed by atoms with E-state index in [1.54, 1.807) is 6.07 Å². The summed E-state index contributed by atoms with van der Waals surface area (Å²) in [6.45, 7) is 4.97. The average Bonchev–Trinajstić information content (AvgIpc) is 2.64. The molecule has 2 N–H and O–H groups in total. The van der Waals surface area contributed by atoms with Gasteiger partial charge in [0.05, 0.1) is 0 Å². The van der Waals surface area contributed by atoms with Crippen molar-refractivity contribution >= 4 is 35.6 Å². The molecule has 18 heavy (non-hydrogen) atoms. The van der Waals surface area contributed by atoms with E-state index in [1.807, 2.05) is 12.1 Å². The summed E-state index contributed by atoms with van der Waals surface area (Å²) >= 11 is 12.1. The van der Waals surface area contributed by atoms with Gasteiger partial charge >= 0.3 is 0 Å². The van der Waals surface area contributed by atoms with E-state index in [4.69, 9.17) is 28.9 Å². The standard InChI is InChI=1S/C13H18Cl2N2.ClH/c1-9-4-10(6-16)7-17(9)8-11-2-3-12(14)5-13(11)15;/h2-3,5,9-10H,4,6-8,16H2,1H3;1H. The van der Waals surface area contributed by atoms with Crippen LogP contribution in [0.4, 0.5) is 0 Å². The van der Waals surface area contributed by atoms with Gasteiger partial charge < -0.3 is 5.73 Å². The number of nitrogens with two attached hydrogens (primary N) is 1. The molecule has 2 unspecified atom stereocenters. The fourth-order valence-electron chi connectivity index (χ4n) is 2.48. The lowest BCUT2D eigenvalue weighted by molar-refractivity contribution is 0.256. The Balaban J connectivity index is 0.00000162. The first-order chi connectivity index (χ1) is 8.10. The SMILES string of the molecule is CC1CC(CN)CN1Cc1ccc(Cl)cc1Cl.Cl. The van der Waals surface area contributed by atoms with Crippen molar-refractivity contribution in [3.8, 4) is 0 Å². The summed E-state index contributed by atoms with van der Waals surface area (Å²) in [6, 6.07) is 6.28. The van der Waals surface area contributed by atoms with Crippen LogP contribution in [-0.2, 0) is 6.54 Å². The van der Waals surface area contributed by atoms with Crippen molar-refractivity contribution in [3.05, 3.63) is 33.8 Å². The molecule has 0 bridgehead atoms. The number of benzene rings is 1. The van der Waals surface area contributed by atoms with E-state index < -0.39 is 0 Å². The molecule has 1 heterocycles. The van der Waals surface area contributed by atoms with Crippen LogP contribution in [0.1, 0.15) is 18.9 Å². The van der Waals surface area contributed by atoms with Gasteiger partial charge in [-0.05, 0) is 43.5 Å². The minimum Gasteiger partial charge on any atom is -0.330 e. The quantitative estimate of drug-likeness (QED) is 0.924. The lowest BCUT2D eigenvalue weighted by Crippen LogP contribution is -2.27. The Morgan fingerprint density at radius 1 is 1.39 bits per heavy atom. The van der Waals surface area contributed by atoms with Gasteiger partial charge in [0, 0.05) is 29.2 Å². The van der Waals surface area contributed by atoms with Gasteiger partial charge in [0.15, 0.2) is 0 Å². The highest BCUT2D eigenvalue weighted by molar-refractivity contribution is 6.35. The van der Waals surface area contributed by atoms with Gasteiger partial charge in [-0.1, -0.05) is 29.3 Å². The summed E-state index contributed by atoms with van der Waals surface area (Å²) in [5, 5.41) is 1.44. The summed E-state index contributed by atoms with van der Waals surface area (Å²) in [6.07, 6.45) is 1.18. The monoisotopic (exact) mass is 308 g/mol. The lowest BCUT2D eigenvalue weighted by Gasteiger charge is -2.21. The molecule has 2 rings (SSSR count). The highest BCUT2D eigenvalue weighted by Gasteiger charge is 2.28. The van der Waals surface area contributed by atoms with E-state index in [2.05, 4.69) is 11.8 Å². The molecule has 1 aliphatic rings. The smallest absolute Gasteiger partial charge is 0.0465 e. The molecule has 1 saturated heterocycles. The minimum atomic E-state index is 0. The van der Waals surface area contributed by atoms with Crippen LogP contribution in [0.5, 0.6) is 0 Å². The first kappa shape index (κ1) is 16.1. The molecule has 0 amide bonds. The summed E-state index contributed by atoms with van der Waals surface area (Å²) in [5.74, 6) is 0.621. The molecule has 5 heteroatoms. The molecule has 1 aliphatic heterocycles. The molecular weight excluding hydrogens is 291 g/mol. The summed E-state index contributed by atoms with van der Waals surface area (Å²) in [7, 11) is 0. The molecule has 1 aromatic carbocycles. The Kier molecular flexibility index (Phi) is 6.22. The first-order valence-electron chi connectivity index (χ1n) is 5.98. The Bertz CT molecular complexity index is 398. The van der Waals surface area contributed by atoms with Gasteiger partial charge in [0.1, 0.15) is 0 Å². The second-order valence-corrected chi connectivity index (χ2v) is 5.70. The van der Waals surface area contributed by atoms with Crippen LogP contribution in [0.3, 0.4) is 0 Å². The highest BCUT2D eigenvalue weighted by Crippen LogP contribution is 2.27. The predicted octanol–water partition coefficient (Wildman–Crippen LogP) is 3.58. The molecule has 0 saturated carbocycles. The second-order valence-electron chi connectivity index (χ2n) is 4.85. The van der Waals surface area contributed by atoms with Crippen molar-refractivity contribution in [2.75, 3.05) is 13.1 Å². The Morgan fingerprint density at radius 3 is 2.67 bits per heavy atom. The van der Waals surface area contributed by atoms with Crippen LogP contribution >= 0.6 is 35.6 Å². The molecule has 2 atom stereocenters. The van der Waals surface area contributed by atoms with Crippen molar-refractivity contribution < 1.29 is 0 Å². The normalized spacial score (nSPS) is 24.0. The summed E-state index contributed by atoms with van der Waals surface area (Å²) < 4.78 is 0. The topological polar surface area (TPSA) is 29.3 Å². The number of halogens is 3. The molecule has 0 spiro atoms. The fourth-order valence-corrected chi connectivity index (χ4v) is 2.95. The van der Waals surface area contributed by atoms with Crippen molar-refractivity contribution in [1.29, 1.82) is 0 Å². The van der Waals surface area contributed by atoms with Crippen LogP contribution in [0.15, 0.2) is 18.2 Å². The van der Waals surface area contributed by atoms with Gasteiger partial charge in [0.2, 0.25) is 0 Å². The van der Waals surface area contributed by atoms with E-state index in [0.29, 0.717) is 17.0 Å². The summed E-state index contributed by atoms with van der Waals surface area (Å²) in [5.41, 5.74) is 6.87. The average molecular weight is 310 g/mol. The number of rotatable bonds is 3. The zero-order valence-corrected chi connectivity index (χ0v) is 12.7. The molecule has 1 fully saturated rings. The Morgan fingerprint density at radius 2 is 2.11 bits per heavy atom. The Hall–Kier alpha value is 0.01000. The van der Waals surface area contributed by atoms with E-state index in [9.17, 15) is 0 Å². The third kappa shape index (κ3) is 3.75. The largest absolute Gasteiger partial charge is 0.330 e. The molecule has 2 nitrogen and oxygen atoms in total. The number of hydrogen-bond acceptors (Lipinski definition) is 2. The maximum absolute atomic E-state index is 6.19. The molecular formula is C13H19Cl3N2. The molecule has 0 radical (unpaired) electrons. The van der Waals surface area contributed by atoms with E-state index in [-0.39, 0.29) is 12.4 Å². The van der Waals surface area contributed by atoms with Gasteiger partial charge in [-0.15, -0.1) is 12.4 Å². The van der Waals surface area contributed by atoms with E-state index in [1.165, 1.54) is 6.42 Å². The third-order valence-corrected chi connectivity index (χ3v) is 4.10. The molecule has 1 aromatic rings. The predicted molar refractivity (Wildman–Crippen MR) is 80.7 cm³/mol. The number of likely N-dealkylation sites (tertiary alicyclic amines) is 1. The van der Waals surface area contributed by atoms with Gasteiger partial charge in [0.25, 0.3) is 0 Å². The highest BCUT2D eigenvalue weighted by atomic mass is 35.5. The zero-order chi connectivity index (χ0) is 12.4. The van der Waals surface area contributed by atoms with Crippen molar-refractivity contribution in [3.63, 3.8) is 0 Å². The zero-order valence-electron chi connectivity index (χ0n) is 10.4. The van der Waals surface area contributed by atoms with Gasteiger partial charge in [-0.2, -0.15) is 0 Å². The Labute approximate surface area is 125 Å². The van der Waals surface area contributed by atoms with Gasteiger partial charge in [-0.3, -0.25) is 4.90 Å².